The number of rotatable bonds is 7. The van der Waals surface area contributed by atoms with Crippen LogP contribution in [0.15, 0.2) is 24.3 Å². The van der Waals surface area contributed by atoms with Crippen LogP contribution >= 0.6 is 0 Å². The highest BCUT2D eigenvalue weighted by Gasteiger charge is 2.31. The van der Waals surface area contributed by atoms with Crippen molar-refractivity contribution in [1.82, 2.24) is 5.32 Å². The second-order valence-corrected chi connectivity index (χ2v) is 4.98. The first-order valence-electron chi connectivity index (χ1n) is 6.94. The number of hydrogen-bond acceptors (Lipinski definition) is 2. The number of alkyl halides is 3. The van der Waals surface area contributed by atoms with E-state index >= 15 is 0 Å². The molecule has 1 aromatic carbocycles. The first-order chi connectivity index (χ1) is 9.35. The zero-order valence-corrected chi connectivity index (χ0v) is 12.1. The molecule has 2 nitrogen and oxygen atoms in total. The van der Waals surface area contributed by atoms with Crippen molar-refractivity contribution in [3.8, 4) is 5.75 Å². The van der Waals surface area contributed by atoms with E-state index in [1.54, 1.807) is 6.07 Å². The number of halogens is 3. The monoisotopic (exact) mass is 289 g/mol. The van der Waals surface area contributed by atoms with Gasteiger partial charge in [0.1, 0.15) is 5.75 Å². The van der Waals surface area contributed by atoms with Gasteiger partial charge in [-0.2, -0.15) is 0 Å². The summed E-state index contributed by atoms with van der Waals surface area (Å²) in [5, 5.41) is 3.32. The Kier molecular flexibility index (Phi) is 6.33. The van der Waals surface area contributed by atoms with E-state index in [0.29, 0.717) is 5.92 Å². The molecule has 0 saturated carbocycles. The van der Waals surface area contributed by atoms with E-state index in [1.807, 2.05) is 13.0 Å². The summed E-state index contributed by atoms with van der Waals surface area (Å²) in [6.07, 6.45) is -2.72. The molecule has 1 rings (SSSR count). The van der Waals surface area contributed by atoms with Crippen LogP contribution in [0.3, 0.4) is 0 Å². The highest BCUT2D eigenvalue weighted by molar-refractivity contribution is 5.30. The summed E-state index contributed by atoms with van der Waals surface area (Å²) in [5.74, 6) is 0.341. The Bertz CT molecular complexity index is 406. The van der Waals surface area contributed by atoms with Crippen LogP contribution in [0.25, 0.3) is 0 Å². The lowest BCUT2D eigenvalue weighted by Gasteiger charge is -2.22. The molecular weight excluding hydrogens is 267 g/mol. The van der Waals surface area contributed by atoms with Gasteiger partial charge in [-0.15, -0.1) is 13.2 Å². The summed E-state index contributed by atoms with van der Waals surface area (Å²) in [4.78, 5) is 0. The molecule has 0 amide bonds. The van der Waals surface area contributed by atoms with Crippen LogP contribution in [0.1, 0.15) is 45.2 Å². The molecule has 114 valence electrons. The summed E-state index contributed by atoms with van der Waals surface area (Å²) < 4.78 is 40.7. The first-order valence-corrected chi connectivity index (χ1v) is 6.94. The van der Waals surface area contributed by atoms with E-state index < -0.39 is 6.36 Å². The van der Waals surface area contributed by atoms with Gasteiger partial charge in [-0.3, -0.25) is 0 Å². The number of hydrogen-bond donors (Lipinski definition) is 1. The van der Waals surface area contributed by atoms with Gasteiger partial charge in [0.05, 0.1) is 0 Å². The third kappa shape index (κ3) is 5.82. The molecule has 0 aliphatic carbocycles. The van der Waals surface area contributed by atoms with E-state index in [1.165, 1.54) is 12.1 Å². The molecule has 5 heteroatoms. The molecular formula is C15H22F3NO. The molecule has 0 aliphatic rings. The summed E-state index contributed by atoms with van der Waals surface area (Å²) >= 11 is 0. The van der Waals surface area contributed by atoms with Crippen molar-refractivity contribution in [1.29, 1.82) is 0 Å². The molecule has 1 aromatic rings. The zero-order chi connectivity index (χ0) is 15.2. The Hall–Kier alpha value is -1.23. The molecule has 1 N–H and O–H groups in total. The van der Waals surface area contributed by atoms with Crippen LogP contribution < -0.4 is 10.1 Å². The fourth-order valence-corrected chi connectivity index (χ4v) is 2.08. The number of ether oxygens (including phenoxy) is 1. The van der Waals surface area contributed by atoms with Crippen LogP contribution in [-0.4, -0.2) is 12.9 Å². The maximum atomic E-state index is 12.2. The molecule has 20 heavy (non-hydrogen) atoms. The smallest absolute Gasteiger partial charge is 0.406 e. The SMILES string of the molecule is CCNC(CC(C)CC)c1cccc(OC(F)(F)F)c1. The van der Waals surface area contributed by atoms with Gasteiger partial charge in [0.15, 0.2) is 0 Å². The van der Waals surface area contributed by atoms with Gasteiger partial charge < -0.3 is 10.1 Å². The largest absolute Gasteiger partial charge is 0.573 e. The Morgan fingerprint density at radius 2 is 1.95 bits per heavy atom. The average Bonchev–Trinajstić information content (AvgIpc) is 2.36. The van der Waals surface area contributed by atoms with E-state index in [9.17, 15) is 13.2 Å². The number of benzene rings is 1. The third-order valence-corrected chi connectivity index (χ3v) is 3.28. The molecule has 0 heterocycles. The molecule has 2 unspecified atom stereocenters. The van der Waals surface area contributed by atoms with Crippen molar-refractivity contribution in [3.05, 3.63) is 29.8 Å². The van der Waals surface area contributed by atoms with Crippen molar-refractivity contribution >= 4 is 0 Å². The van der Waals surface area contributed by atoms with E-state index in [-0.39, 0.29) is 11.8 Å². The molecule has 0 saturated heterocycles. The van der Waals surface area contributed by atoms with Crippen molar-refractivity contribution in [2.75, 3.05) is 6.54 Å². The molecule has 0 radical (unpaired) electrons. The lowest BCUT2D eigenvalue weighted by atomic mass is 9.94. The summed E-state index contributed by atoms with van der Waals surface area (Å²) in [6.45, 7) is 7.00. The lowest BCUT2D eigenvalue weighted by Crippen LogP contribution is -2.23. The summed E-state index contributed by atoms with van der Waals surface area (Å²) in [6, 6.07) is 6.26. The second-order valence-electron chi connectivity index (χ2n) is 4.98. The minimum atomic E-state index is -4.65. The molecule has 0 bridgehead atoms. The van der Waals surface area contributed by atoms with Crippen molar-refractivity contribution in [3.63, 3.8) is 0 Å². The minimum absolute atomic E-state index is 0.0479. The van der Waals surface area contributed by atoms with Crippen molar-refractivity contribution in [2.45, 2.75) is 46.0 Å². The maximum Gasteiger partial charge on any atom is 0.573 e. The van der Waals surface area contributed by atoms with Gasteiger partial charge in [0.25, 0.3) is 0 Å². The van der Waals surface area contributed by atoms with Crippen molar-refractivity contribution in [2.24, 2.45) is 5.92 Å². The lowest BCUT2D eigenvalue weighted by molar-refractivity contribution is -0.274. The van der Waals surface area contributed by atoms with Gasteiger partial charge in [0.2, 0.25) is 0 Å². The Labute approximate surface area is 118 Å². The minimum Gasteiger partial charge on any atom is -0.406 e. The van der Waals surface area contributed by atoms with Gasteiger partial charge in [-0.1, -0.05) is 39.3 Å². The van der Waals surface area contributed by atoms with Crippen LogP contribution in [0.4, 0.5) is 13.2 Å². The maximum absolute atomic E-state index is 12.2. The summed E-state index contributed by atoms with van der Waals surface area (Å²) in [7, 11) is 0. The number of nitrogens with one attached hydrogen (secondary N) is 1. The fraction of sp³-hybridized carbons (Fsp3) is 0.600. The van der Waals surface area contributed by atoms with Crippen LogP contribution in [0.2, 0.25) is 0 Å². The molecule has 0 fully saturated rings. The van der Waals surface area contributed by atoms with E-state index in [0.717, 1.165) is 24.9 Å². The summed E-state index contributed by atoms with van der Waals surface area (Å²) in [5.41, 5.74) is 0.828. The molecule has 0 aliphatic heterocycles. The average molecular weight is 289 g/mol. The predicted octanol–water partition coefficient (Wildman–Crippen LogP) is 4.67. The van der Waals surface area contributed by atoms with Gasteiger partial charge in [-0.05, 0) is 36.6 Å². The highest BCUT2D eigenvalue weighted by atomic mass is 19.4. The van der Waals surface area contributed by atoms with Gasteiger partial charge in [-0.25, -0.2) is 0 Å². The first kappa shape index (κ1) is 16.8. The van der Waals surface area contributed by atoms with Crippen molar-refractivity contribution < 1.29 is 17.9 Å². The van der Waals surface area contributed by atoms with E-state index in [4.69, 9.17) is 0 Å². The van der Waals surface area contributed by atoms with Gasteiger partial charge in [0, 0.05) is 6.04 Å². The Balaban J connectivity index is 2.87. The zero-order valence-electron chi connectivity index (χ0n) is 12.1. The predicted molar refractivity (Wildman–Crippen MR) is 73.6 cm³/mol. The van der Waals surface area contributed by atoms with Crippen LogP contribution in [-0.2, 0) is 0 Å². The molecule has 0 aromatic heterocycles. The van der Waals surface area contributed by atoms with E-state index in [2.05, 4.69) is 23.9 Å². The highest BCUT2D eigenvalue weighted by Crippen LogP contribution is 2.28. The quantitative estimate of drug-likeness (QED) is 0.787. The molecule has 2 atom stereocenters. The topological polar surface area (TPSA) is 21.3 Å². The normalized spacial score (nSPS) is 14.9. The Morgan fingerprint density at radius 3 is 2.50 bits per heavy atom. The standard InChI is InChI=1S/C15H22F3NO/c1-4-11(3)9-14(19-5-2)12-7-6-8-13(10-12)20-15(16,17)18/h6-8,10-11,14,19H,4-5,9H2,1-3H3. The van der Waals surface area contributed by atoms with Gasteiger partial charge >= 0.3 is 6.36 Å². The third-order valence-electron chi connectivity index (χ3n) is 3.28. The second kappa shape index (κ2) is 7.53. The van der Waals surface area contributed by atoms with Crippen LogP contribution in [0, 0.1) is 5.92 Å². The van der Waals surface area contributed by atoms with Crippen LogP contribution in [0.5, 0.6) is 5.75 Å². The fourth-order valence-electron chi connectivity index (χ4n) is 2.08. The Morgan fingerprint density at radius 1 is 1.25 bits per heavy atom. The molecule has 0 spiro atoms.